The fraction of sp³-hybridized carbons (Fsp3) is 0.684. The van der Waals surface area contributed by atoms with Crippen LogP contribution in [0.4, 0.5) is 5.82 Å². The van der Waals surface area contributed by atoms with E-state index in [4.69, 9.17) is 0 Å². The van der Waals surface area contributed by atoms with E-state index in [1.165, 1.54) is 5.56 Å². The van der Waals surface area contributed by atoms with Gasteiger partial charge in [0.15, 0.2) is 0 Å². The molecule has 1 aromatic heterocycles. The van der Waals surface area contributed by atoms with E-state index in [2.05, 4.69) is 41.2 Å². The quantitative estimate of drug-likeness (QED) is 0.778. The van der Waals surface area contributed by atoms with Crippen LogP contribution in [0.5, 0.6) is 0 Å². The van der Waals surface area contributed by atoms with Gasteiger partial charge in [0.1, 0.15) is 11.6 Å². The molecule has 0 spiro atoms. The van der Waals surface area contributed by atoms with E-state index in [-0.39, 0.29) is 11.2 Å². The first-order valence-corrected chi connectivity index (χ1v) is 10.1. The van der Waals surface area contributed by atoms with Crippen molar-refractivity contribution in [2.75, 3.05) is 36.8 Å². The summed E-state index contributed by atoms with van der Waals surface area (Å²) in [5.41, 5.74) is 1.17. The molecule has 24 heavy (non-hydrogen) atoms. The van der Waals surface area contributed by atoms with Crippen molar-refractivity contribution in [3.63, 3.8) is 0 Å². The van der Waals surface area contributed by atoms with E-state index in [9.17, 15) is 4.79 Å². The monoisotopic (exact) mass is 349 g/mol. The molecule has 1 atom stereocenters. The molecule has 0 aliphatic carbocycles. The first-order valence-electron chi connectivity index (χ1n) is 9.03. The largest absolute Gasteiger partial charge is 0.354 e. The predicted molar refractivity (Wildman–Crippen MR) is 104 cm³/mol. The third kappa shape index (κ3) is 5.78. The minimum absolute atomic E-state index is 0.0974. The molecule has 0 bridgehead atoms. The lowest BCUT2D eigenvalue weighted by molar-refractivity contribution is -0.121. The number of nitrogens with one attached hydrogen (secondary N) is 1. The molecule has 2 heterocycles. The van der Waals surface area contributed by atoms with Gasteiger partial charge < -0.3 is 10.2 Å². The summed E-state index contributed by atoms with van der Waals surface area (Å²) in [6.07, 6.45) is 2.58. The SMILES string of the molecule is CC(C)CSC(CC(=O)C(C)C)c1ccc(N2CCNCC2)nc1. The fourth-order valence-corrected chi connectivity index (χ4v) is 3.90. The number of carbonyl (C=O) groups excluding carboxylic acids is 1. The minimum atomic E-state index is 0.0974. The van der Waals surface area contributed by atoms with Gasteiger partial charge in [-0.2, -0.15) is 11.8 Å². The zero-order chi connectivity index (χ0) is 17.5. The smallest absolute Gasteiger partial charge is 0.136 e. The molecular formula is C19H31N3OS. The summed E-state index contributed by atoms with van der Waals surface area (Å²) in [7, 11) is 0. The number of hydrogen-bond donors (Lipinski definition) is 1. The fourth-order valence-electron chi connectivity index (χ4n) is 2.67. The second kappa shape index (κ2) is 9.42. The number of pyridine rings is 1. The molecule has 0 aromatic carbocycles. The van der Waals surface area contributed by atoms with Crippen LogP contribution in [0.1, 0.15) is 44.9 Å². The second-order valence-electron chi connectivity index (χ2n) is 7.23. The molecule has 1 unspecified atom stereocenters. The topological polar surface area (TPSA) is 45.2 Å². The Balaban J connectivity index is 2.07. The Morgan fingerprint density at radius 1 is 1.25 bits per heavy atom. The Kier molecular flexibility index (Phi) is 7.56. The van der Waals surface area contributed by atoms with E-state index >= 15 is 0 Å². The number of aromatic nitrogens is 1. The maximum Gasteiger partial charge on any atom is 0.136 e. The lowest BCUT2D eigenvalue weighted by Crippen LogP contribution is -2.43. The second-order valence-corrected chi connectivity index (χ2v) is 8.46. The lowest BCUT2D eigenvalue weighted by atomic mass is 10.0. The van der Waals surface area contributed by atoms with Crippen molar-refractivity contribution in [3.8, 4) is 0 Å². The third-order valence-electron chi connectivity index (χ3n) is 4.24. The Hall–Kier alpha value is -1.07. The number of Topliss-reactive ketones (excluding diaryl/α,β-unsaturated/α-hetero) is 1. The van der Waals surface area contributed by atoms with Crippen LogP contribution < -0.4 is 10.2 Å². The van der Waals surface area contributed by atoms with Gasteiger partial charge >= 0.3 is 0 Å². The van der Waals surface area contributed by atoms with Crippen molar-refractivity contribution in [1.82, 2.24) is 10.3 Å². The molecule has 0 radical (unpaired) electrons. The van der Waals surface area contributed by atoms with E-state index in [0.717, 1.165) is 37.7 Å². The van der Waals surface area contributed by atoms with E-state index < -0.39 is 0 Å². The van der Waals surface area contributed by atoms with E-state index in [1.54, 1.807) is 0 Å². The molecule has 1 N–H and O–H groups in total. The predicted octanol–water partition coefficient (Wildman–Crippen LogP) is 3.54. The van der Waals surface area contributed by atoms with Crippen molar-refractivity contribution in [3.05, 3.63) is 23.9 Å². The van der Waals surface area contributed by atoms with Crippen LogP contribution in [0.25, 0.3) is 0 Å². The number of hydrogen-bond acceptors (Lipinski definition) is 5. The molecule has 0 amide bonds. The number of carbonyl (C=O) groups is 1. The highest BCUT2D eigenvalue weighted by Crippen LogP contribution is 2.34. The highest BCUT2D eigenvalue weighted by atomic mass is 32.2. The van der Waals surface area contributed by atoms with Gasteiger partial charge in [-0.15, -0.1) is 0 Å². The maximum atomic E-state index is 12.2. The van der Waals surface area contributed by atoms with Gasteiger partial charge in [-0.1, -0.05) is 33.8 Å². The van der Waals surface area contributed by atoms with Crippen LogP contribution in [-0.2, 0) is 4.79 Å². The molecule has 134 valence electrons. The Labute approximate surface area is 150 Å². The molecule has 0 saturated carbocycles. The average Bonchev–Trinajstić information content (AvgIpc) is 2.59. The van der Waals surface area contributed by atoms with Gasteiger partial charge in [0.05, 0.1) is 0 Å². The number of ketones is 1. The lowest BCUT2D eigenvalue weighted by Gasteiger charge is -2.28. The minimum Gasteiger partial charge on any atom is -0.354 e. The zero-order valence-electron chi connectivity index (χ0n) is 15.4. The maximum absolute atomic E-state index is 12.2. The van der Waals surface area contributed by atoms with Crippen LogP contribution in [-0.4, -0.2) is 42.7 Å². The number of rotatable bonds is 8. The van der Waals surface area contributed by atoms with Crippen molar-refractivity contribution >= 4 is 23.4 Å². The Morgan fingerprint density at radius 3 is 2.50 bits per heavy atom. The molecule has 1 fully saturated rings. The first-order chi connectivity index (χ1) is 11.5. The molecule has 2 rings (SSSR count). The van der Waals surface area contributed by atoms with Crippen molar-refractivity contribution in [2.24, 2.45) is 11.8 Å². The molecular weight excluding hydrogens is 318 g/mol. The van der Waals surface area contributed by atoms with Crippen molar-refractivity contribution in [1.29, 1.82) is 0 Å². The van der Waals surface area contributed by atoms with Crippen LogP contribution >= 0.6 is 11.8 Å². The normalized spacial score (nSPS) is 16.7. The zero-order valence-corrected chi connectivity index (χ0v) is 16.2. The van der Waals surface area contributed by atoms with E-state index in [0.29, 0.717) is 18.1 Å². The van der Waals surface area contributed by atoms with Gasteiger partial charge in [-0.05, 0) is 23.3 Å². The first kappa shape index (κ1) is 19.3. The number of anilines is 1. The summed E-state index contributed by atoms with van der Waals surface area (Å²) >= 11 is 1.89. The molecule has 1 aromatic rings. The standard InChI is InChI=1S/C19H31N3OS/c1-14(2)13-24-18(11-17(23)15(3)4)16-5-6-19(21-12-16)22-9-7-20-8-10-22/h5-6,12,14-15,18,20H,7-11,13H2,1-4H3. The highest BCUT2D eigenvalue weighted by molar-refractivity contribution is 7.99. The van der Waals surface area contributed by atoms with Gasteiger partial charge in [0.25, 0.3) is 0 Å². The molecule has 1 aliphatic heterocycles. The Morgan fingerprint density at radius 2 is 1.96 bits per heavy atom. The summed E-state index contributed by atoms with van der Waals surface area (Å²) in [6, 6.07) is 4.28. The molecule has 5 heteroatoms. The summed E-state index contributed by atoms with van der Waals surface area (Å²) in [5.74, 6) is 3.17. The Bertz CT molecular complexity index is 510. The molecule has 1 aliphatic rings. The summed E-state index contributed by atoms with van der Waals surface area (Å²) in [4.78, 5) is 19.2. The van der Waals surface area contributed by atoms with Crippen LogP contribution in [0.3, 0.4) is 0 Å². The number of piperazine rings is 1. The summed E-state index contributed by atoms with van der Waals surface area (Å²) in [5, 5.41) is 3.58. The van der Waals surface area contributed by atoms with E-state index in [1.807, 2.05) is 31.8 Å². The van der Waals surface area contributed by atoms with Gasteiger partial charge in [-0.25, -0.2) is 4.98 Å². The van der Waals surface area contributed by atoms with Crippen molar-refractivity contribution in [2.45, 2.75) is 39.4 Å². The number of nitrogens with zero attached hydrogens (tertiary/aromatic N) is 2. The average molecular weight is 350 g/mol. The van der Waals surface area contributed by atoms with Crippen LogP contribution in [0.2, 0.25) is 0 Å². The summed E-state index contributed by atoms with van der Waals surface area (Å²) in [6.45, 7) is 12.4. The number of thioether (sulfide) groups is 1. The van der Waals surface area contributed by atoms with Crippen LogP contribution in [0.15, 0.2) is 18.3 Å². The van der Waals surface area contributed by atoms with Gasteiger partial charge in [0, 0.05) is 50.0 Å². The third-order valence-corrected chi connectivity index (χ3v) is 5.95. The highest BCUT2D eigenvalue weighted by Gasteiger charge is 2.20. The van der Waals surface area contributed by atoms with Gasteiger partial charge in [0.2, 0.25) is 0 Å². The summed E-state index contributed by atoms with van der Waals surface area (Å²) < 4.78 is 0. The molecule has 4 nitrogen and oxygen atoms in total. The van der Waals surface area contributed by atoms with Crippen molar-refractivity contribution < 1.29 is 4.79 Å². The van der Waals surface area contributed by atoms with Gasteiger partial charge in [-0.3, -0.25) is 4.79 Å². The molecule has 1 saturated heterocycles. The van der Waals surface area contributed by atoms with Crippen LogP contribution in [0, 0.1) is 11.8 Å².